The molecule has 0 aliphatic rings. The lowest BCUT2D eigenvalue weighted by Crippen LogP contribution is -2.26. The van der Waals surface area contributed by atoms with E-state index in [9.17, 15) is 14.4 Å². The lowest BCUT2D eigenvalue weighted by atomic mass is 10.1. The van der Waals surface area contributed by atoms with Gasteiger partial charge < -0.3 is 14.8 Å². The van der Waals surface area contributed by atoms with E-state index in [1.807, 2.05) is 26.0 Å². The Balaban J connectivity index is 1.80. The van der Waals surface area contributed by atoms with Gasteiger partial charge in [-0.05, 0) is 69.2 Å². The van der Waals surface area contributed by atoms with Gasteiger partial charge in [-0.1, -0.05) is 17.7 Å². The SMILES string of the molecule is CCOC(=O)C(C)Oc1ccc(C=NNC(=O)CC(=O)Nc2ccc(C)cc2C)cc1. The monoisotopic (exact) mass is 425 g/mol. The molecule has 0 fully saturated rings. The Morgan fingerprint density at radius 2 is 1.77 bits per heavy atom. The van der Waals surface area contributed by atoms with Crippen molar-refractivity contribution in [3.63, 3.8) is 0 Å². The van der Waals surface area contributed by atoms with Crippen LogP contribution in [0.25, 0.3) is 0 Å². The molecule has 0 aliphatic carbocycles. The Morgan fingerprint density at radius 3 is 2.42 bits per heavy atom. The molecular formula is C23H27N3O5. The van der Waals surface area contributed by atoms with Crippen molar-refractivity contribution >= 4 is 29.7 Å². The van der Waals surface area contributed by atoms with Crippen LogP contribution in [0.1, 0.15) is 37.0 Å². The fourth-order valence-corrected chi connectivity index (χ4v) is 2.66. The van der Waals surface area contributed by atoms with E-state index in [1.54, 1.807) is 44.2 Å². The first-order valence-corrected chi connectivity index (χ1v) is 9.91. The minimum absolute atomic E-state index is 0.293. The predicted molar refractivity (Wildman–Crippen MR) is 118 cm³/mol. The van der Waals surface area contributed by atoms with Gasteiger partial charge in [0.15, 0.2) is 6.10 Å². The molecule has 0 aliphatic heterocycles. The molecule has 0 saturated heterocycles. The molecule has 2 N–H and O–H groups in total. The Hall–Kier alpha value is -3.68. The topological polar surface area (TPSA) is 106 Å². The second-order valence-electron chi connectivity index (χ2n) is 6.92. The molecule has 8 nitrogen and oxygen atoms in total. The maximum atomic E-state index is 12.0. The zero-order valence-electron chi connectivity index (χ0n) is 18.1. The third-order valence-corrected chi connectivity index (χ3v) is 4.19. The highest BCUT2D eigenvalue weighted by atomic mass is 16.6. The number of anilines is 1. The van der Waals surface area contributed by atoms with Crippen LogP contribution >= 0.6 is 0 Å². The summed E-state index contributed by atoms with van der Waals surface area (Å²) in [5.41, 5.74) is 5.72. The van der Waals surface area contributed by atoms with Gasteiger partial charge in [0.1, 0.15) is 12.2 Å². The third kappa shape index (κ3) is 7.93. The number of hydrazone groups is 1. The van der Waals surface area contributed by atoms with Crippen LogP contribution in [0.3, 0.4) is 0 Å². The van der Waals surface area contributed by atoms with Crippen molar-refractivity contribution in [3.8, 4) is 5.75 Å². The Labute approximate surface area is 181 Å². The van der Waals surface area contributed by atoms with Gasteiger partial charge >= 0.3 is 5.97 Å². The van der Waals surface area contributed by atoms with E-state index in [0.29, 0.717) is 23.6 Å². The first-order chi connectivity index (χ1) is 14.8. The number of rotatable bonds is 9. The molecular weight excluding hydrogens is 398 g/mol. The van der Waals surface area contributed by atoms with E-state index in [-0.39, 0.29) is 6.42 Å². The standard InChI is InChI=1S/C23H27N3O5/c1-5-30-23(29)17(4)31-19-9-7-18(8-10-19)14-24-26-22(28)13-21(27)25-20-11-6-15(2)12-16(20)3/h6-12,14,17H,5,13H2,1-4H3,(H,25,27)(H,26,28). The van der Waals surface area contributed by atoms with Crippen LogP contribution in [0.2, 0.25) is 0 Å². The molecule has 0 heterocycles. The summed E-state index contributed by atoms with van der Waals surface area (Å²) >= 11 is 0. The van der Waals surface area contributed by atoms with Crippen molar-refractivity contribution in [2.24, 2.45) is 5.10 Å². The van der Waals surface area contributed by atoms with Crippen LogP contribution in [0.5, 0.6) is 5.75 Å². The maximum absolute atomic E-state index is 12.0. The fraction of sp³-hybridized carbons (Fsp3) is 0.304. The average Bonchev–Trinajstić information content (AvgIpc) is 2.71. The molecule has 0 saturated carbocycles. The first kappa shape index (κ1) is 23.6. The number of esters is 1. The molecule has 0 spiro atoms. The summed E-state index contributed by atoms with van der Waals surface area (Å²) in [6.45, 7) is 7.49. The summed E-state index contributed by atoms with van der Waals surface area (Å²) < 4.78 is 10.4. The Bertz CT molecular complexity index is 954. The summed E-state index contributed by atoms with van der Waals surface area (Å²) in [7, 11) is 0. The molecule has 2 amide bonds. The number of amides is 2. The van der Waals surface area contributed by atoms with Gasteiger partial charge in [-0.25, -0.2) is 10.2 Å². The van der Waals surface area contributed by atoms with Crippen LogP contribution < -0.4 is 15.5 Å². The van der Waals surface area contributed by atoms with Gasteiger partial charge in [-0.15, -0.1) is 0 Å². The molecule has 1 atom stereocenters. The second kappa shape index (κ2) is 11.5. The van der Waals surface area contributed by atoms with Crippen molar-refractivity contribution in [1.82, 2.24) is 5.43 Å². The van der Waals surface area contributed by atoms with Gasteiger partial charge in [0.25, 0.3) is 0 Å². The summed E-state index contributed by atoms with van der Waals surface area (Å²) in [5, 5.41) is 6.57. The first-order valence-electron chi connectivity index (χ1n) is 9.91. The van der Waals surface area contributed by atoms with E-state index in [4.69, 9.17) is 9.47 Å². The van der Waals surface area contributed by atoms with Crippen LogP contribution in [0, 0.1) is 13.8 Å². The largest absolute Gasteiger partial charge is 0.479 e. The second-order valence-corrected chi connectivity index (χ2v) is 6.92. The molecule has 0 radical (unpaired) electrons. The number of nitrogens with one attached hydrogen (secondary N) is 2. The van der Waals surface area contributed by atoms with Gasteiger partial charge in [-0.3, -0.25) is 9.59 Å². The highest BCUT2D eigenvalue weighted by Gasteiger charge is 2.15. The molecule has 0 bridgehead atoms. The fourth-order valence-electron chi connectivity index (χ4n) is 2.66. The number of carbonyl (C=O) groups excluding carboxylic acids is 3. The molecule has 1 unspecified atom stereocenters. The number of ether oxygens (including phenoxy) is 2. The highest BCUT2D eigenvalue weighted by molar-refractivity contribution is 6.04. The van der Waals surface area contributed by atoms with Crippen LogP contribution in [-0.4, -0.2) is 36.7 Å². The number of nitrogens with zero attached hydrogens (tertiary/aromatic N) is 1. The molecule has 164 valence electrons. The quantitative estimate of drug-likeness (QED) is 0.278. The summed E-state index contributed by atoms with van der Waals surface area (Å²) in [5.74, 6) is -0.874. The third-order valence-electron chi connectivity index (χ3n) is 4.19. The van der Waals surface area contributed by atoms with Gasteiger partial charge in [0.2, 0.25) is 11.8 Å². The van der Waals surface area contributed by atoms with Crippen molar-refractivity contribution in [3.05, 3.63) is 59.2 Å². The minimum atomic E-state index is -0.714. The van der Waals surface area contributed by atoms with Crippen LogP contribution in [0.15, 0.2) is 47.6 Å². The molecule has 2 aromatic rings. The molecule has 2 aromatic carbocycles. The summed E-state index contributed by atoms with van der Waals surface area (Å²) in [4.78, 5) is 35.5. The lowest BCUT2D eigenvalue weighted by molar-refractivity contribution is -0.150. The van der Waals surface area contributed by atoms with Gasteiger partial charge in [0.05, 0.1) is 12.8 Å². The lowest BCUT2D eigenvalue weighted by Gasteiger charge is -2.13. The Kier molecular flexibility index (Phi) is 8.75. The molecule has 0 aromatic heterocycles. The van der Waals surface area contributed by atoms with Gasteiger partial charge in [-0.2, -0.15) is 5.10 Å². The van der Waals surface area contributed by atoms with Crippen molar-refractivity contribution < 1.29 is 23.9 Å². The van der Waals surface area contributed by atoms with E-state index >= 15 is 0 Å². The average molecular weight is 425 g/mol. The highest BCUT2D eigenvalue weighted by Crippen LogP contribution is 2.16. The predicted octanol–water partition coefficient (Wildman–Crippen LogP) is 3.11. The van der Waals surface area contributed by atoms with E-state index in [2.05, 4.69) is 15.8 Å². The Morgan fingerprint density at radius 1 is 1.06 bits per heavy atom. The van der Waals surface area contributed by atoms with Crippen molar-refractivity contribution in [1.29, 1.82) is 0 Å². The molecule has 2 rings (SSSR count). The summed E-state index contributed by atoms with van der Waals surface area (Å²) in [6, 6.07) is 12.4. The number of benzene rings is 2. The summed E-state index contributed by atoms with van der Waals surface area (Å²) in [6.07, 6.45) is 0.385. The van der Waals surface area contributed by atoms with Crippen LogP contribution in [-0.2, 0) is 19.1 Å². The van der Waals surface area contributed by atoms with Crippen LogP contribution in [0.4, 0.5) is 5.69 Å². The van der Waals surface area contributed by atoms with Crippen molar-refractivity contribution in [2.75, 3.05) is 11.9 Å². The maximum Gasteiger partial charge on any atom is 0.347 e. The van der Waals surface area contributed by atoms with Crippen molar-refractivity contribution in [2.45, 2.75) is 40.2 Å². The molecule has 8 heteroatoms. The number of aryl methyl sites for hydroxylation is 2. The smallest absolute Gasteiger partial charge is 0.347 e. The van der Waals surface area contributed by atoms with Gasteiger partial charge in [0, 0.05) is 5.69 Å². The number of hydrogen-bond donors (Lipinski definition) is 2. The number of carbonyl (C=O) groups is 3. The zero-order chi connectivity index (χ0) is 22.8. The van der Waals surface area contributed by atoms with E-state index in [1.165, 1.54) is 6.21 Å². The minimum Gasteiger partial charge on any atom is -0.479 e. The zero-order valence-corrected chi connectivity index (χ0v) is 18.1. The van der Waals surface area contributed by atoms with E-state index < -0.39 is 23.9 Å². The normalized spacial score (nSPS) is 11.6. The molecule has 31 heavy (non-hydrogen) atoms. The number of hydrogen-bond acceptors (Lipinski definition) is 6. The van der Waals surface area contributed by atoms with E-state index in [0.717, 1.165) is 11.1 Å².